The van der Waals surface area contributed by atoms with E-state index in [0.717, 1.165) is 43.7 Å². The number of hydrogen-bond donors (Lipinski definition) is 0. The first-order valence-electron chi connectivity index (χ1n) is 7.58. The van der Waals surface area contributed by atoms with Crippen LogP contribution in [0, 0.1) is 11.3 Å². The fraction of sp³-hybridized carbons (Fsp3) is 0.867. The molecule has 2 heterocycles. The number of aryl methyl sites for hydroxylation is 1. The van der Waals surface area contributed by atoms with Crippen molar-refractivity contribution in [2.45, 2.75) is 59.8 Å². The maximum absolute atomic E-state index is 5.29. The Morgan fingerprint density at radius 3 is 2.74 bits per heavy atom. The Morgan fingerprint density at radius 2 is 2.05 bits per heavy atom. The Kier molecular flexibility index (Phi) is 4.48. The second-order valence-electron chi connectivity index (χ2n) is 6.72. The summed E-state index contributed by atoms with van der Waals surface area (Å²) in [6.45, 7) is 11.3. The summed E-state index contributed by atoms with van der Waals surface area (Å²) in [7, 11) is 0. The van der Waals surface area contributed by atoms with Gasteiger partial charge in [-0.05, 0) is 42.2 Å². The molecule has 19 heavy (non-hydrogen) atoms. The van der Waals surface area contributed by atoms with Gasteiger partial charge in [0.25, 0.3) is 5.95 Å². The molecule has 0 radical (unpaired) electrons. The molecule has 0 aliphatic carbocycles. The summed E-state index contributed by atoms with van der Waals surface area (Å²) in [6.07, 6.45) is 5.68. The summed E-state index contributed by atoms with van der Waals surface area (Å²) >= 11 is 0. The highest BCUT2D eigenvalue weighted by atomic mass is 16.5. The molecule has 1 saturated heterocycles. The third-order valence-electron chi connectivity index (χ3n) is 4.16. The molecule has 0 aromatic carbocycles. The van der Waals surface area contributed by atoms with E-state index in [1.165, 1.54) is 19.3 Å². The fourth-order valence-electron chi connectivity index (χ4n) is 2.85. The topological polar surface area (TPSA) is 42.2 Å². The van der Waals surface area contributed by atoms with Gasteiger partial charge in [0.1, 0.15) is 0 Å². The Hall–Kier alpha value is -1.06. The number of rotatable bonds is 3. The van der Waals surface area contributed by atoms with E-state index in [1.807, 2.05) is 0 Å². The molecule has 0 N–H and O–H groups in total. The second-order valence-corrected chi connectivity index (χ2v) is 6.72. The van der Waals surface area contributed by atoms with Crippen molar-refractivity contribution in [1.29, 1.82) is 0 Å². The zero-order valence-corrected chi connectivity index (χ0v) is 12.8. The molecular formula is C15H27N3O. The van der Waals surface area contributed by atoms with Crippen LogP contribution in [0.1, 0.15) is 59.3 Å². The lowest BCUT2D eigenvalue weighted by molar-refractivity contribution is 0.220. The van der Waals surface area contributed by atoms with E-state index in [9.17, 15) is 0 Å². The lowest BCUT2D eigenvalue weighted by Gasteiger charge is -2.29. The SMILES string of the molecule is CCCc1nc(N2CCCC(C(C)(C)C)CC2)no1. The summed E-state index contributed by atoms with van der Waals surface area (Å²) in [5.41, 5.74) is 0.403. The lowest BCUT2D eigenvalue weighted by Crippen LogP contribution is -2.26. The van der Waals surface area contributed by atoms with Crippen molar-refractivity contribution in [3.8, 4) is 0 Å². The maximum atomic E-state index is 5.29. The molecule has 0 amide bonds. The molecule has 1 atom stereocenters. The third-order valence-corrected chi connectivity index (χ3v) is 4.16. The molecule has 2 rings (SSSR count). The molecular weight excluding hydrogens is 238 g/mol. The number of aromatic nitrogens is 2. The number of hydrogen-bond acceptors (Lipinski definition) is 4. The van der Waals surface area contributed by atoms with Crippen LogP contribution >= 0.6 is 0 Å². The third kappa shape index (κ3) is 3.71. The van der Waals surface area contributed by atoms with Crippen molar-refractivity contribution < 1.29 is 4.52 Å². The van der Waals surface area contributed by atoms with Crippen LogP contribution in [0.5, 0.6) is 0 Å². The lowest BCUT2D eigenvalue weighted by atomic mass is 9.77. The molecule has 1 aromatic rings. The van der Waals surface area contributed by atoms with E-state index in [0.29, 0.717) is 5.41 Å². The van der Waals surface area contributed by atoms with Crippen molar-refractivity contribution in [3.63, 3.8) is 0 Å². The normalized spacial score (nSPS) is 21.5. The van der Waals surface area contributed by atoms with Crippen LogP contribution in [0.15, 0.2) is 4.52 Å². The number of anilines is 1. The van der Waals surface area contributed by atoms with E-state index >= 15 is 0 Å². The molecule has 0 bridgehead atoms. The van der Waals surface area contributed by atoms with Gasteiger partial charge in [0.15, 0.2) is 0 Å². The van der Waals surface area contributed by atoms with Gasteiger partial charge in [-0.1, -0.05) is 27.7 Å². The van der Waals surface area contributed by atoms with Gasteiger partial charge in [-0.3, -0.25) is 0 Å². The molecule has 4 heteroatoms. The predicted molar refractivity (Wildman–Crippen MR) is 77.3 cm³/mol. The smallest absolute Gasteiger partial charge is 0.266 e. The monoisotopic (exact) mass is 265 g/mol. The van der Waals surface area contributed by atoms with Gasteiger partial charge in [-0.25, -0.2) is 0 Å². The Bertz CT molecular complexity index is 394. The van der Waals surface area contributed by atoms with Crippen LogP contribution in [0.2, 0.25) is 0 Å². The Morgan fingerprint density at radius 1 is 1.26 bits per heavy atom. The van der Waals surface area contributed by atoms with E-state index in [2.05, 4.69) is 42.7 Å². The minimum absolute atomic E-state index is 0.403. The largest absolute Gasteiger partial charge is 0.338 e. The summed E-state index contributed by atoms with van der Waals surface area (Å²) in [4.78, 5) is 6.79. The van der Waals surface area contributed by atoms with Crippen molar-refractivity contribution in [3.05, 3.63) is 5.89 Å². The minimum atomic E-state index is 0.403. The summed E-state index contributed by atoms with van der Waals surface area (Å²) in [5.74, 6) is 2.35. The summed E-state index contributed by atoms with van der Waals surface area (Å²) in [6, 6.07) is 0. The van der Waals surface area contributed by atoms with Gasteiger partial charge in [0.05, 0.1) is 0 Å². The molecule has 1 aliphatic heterocycles. The van der Waals surface area contributed by atoms with Gasteiger partial charge in [0, 0.05) is 19.5 Å². The van der Waals surface area contributed by atoms with Crippen molar-refractivity contribution in [1.82, 2.24) is 10.1 Å². The molecule has 108 valence electrons. The molecule has 0 saturated carbocycles. The Balaban J connectivity index is 1.98. The molecule has 1 unspecified atom stereocenters. The molecule has 0 spiro atoms. The van der Waals surface area contributed by atoms with Crippen molar-refractivity contribution in [2.75, 3.05) is 18.0 Å². The average molecular weight is 265 g/mol. The minimum Gasteiger partial charge on any atom is -0.338 e. The highest BCUT2D eigenvalue weighted by Gasteiger charge is 2.28. The number of nitrogens with zero attached hydrogens (tertiary/aromatic N) is 3. The van der Waals surface area contributed by atoms with E-state index in [-0.39, 0.29) is 0 Å². The highest BCUT2D eigenvalue weighted by Crippen LogP contribution is 2.34. The van der Waals surface area contributed by atoms with E-state index < -0.39 is 0 Å². The van der Waals surface area contributed by atoms with Crippen LogP contribution < -0.4 is 4.90 Å². The first kappa shape index (κ1) is 14.4. The predicted octanol–water partition coefficient (Wildman–Crippen LogP) is 3.67. The zero-order chi connectivity index (χ0) is 13.9. The van der Waals surface area contributed by atoms with Gasteiger partial charge in [-0.15, -0.1) is 0 Å². The average Bonchev–Trinajstić information content (AvgIpc) is 2.64. The fourth-order valence-corrected chi connectivity index (χ4v) is 2.85. The molecule has 1 fully saturated rings. The van der Waals surface area contributed by atoms with E-state index in [4.69, 9.17) is 4.52 Å². The standard InChI is InChI=1S/C15H27N3O/c1-5-7-13-16-14(17-19-13)18-10-6-8-12(9-11-18)15(2,3)4/h12H,5-11H2,1-4H3. The highest BCUT2D eigenvalue weighted by molar-refractivity contribution is 5.27. The van der Waals surface area contributed by atoms with Gasteiger partial charge in [-0.2, -0.15) is 4.98 Å². The van der Waals surface area contributed by atoms with Gasteiger partial charge < -0.3 is 9.42 Å². The van der Waals surface area contributed by atoms with Gasteiger partial charge >= 0.3 is 0 Å². The van der Waals surface area contributed by atoms with Crippen LogP contribution in [-0.4, -0.2) is 23.2 Å². The van der Waals surface area contributed by atoms with Crippen LogP contribution in [-0.2, 0) is 6.42 Å². The van der Waals surface area contributed by atoms with Crippen molar-refractivity contribution >= 4 is 5.95 Å². The van der Waals surface area contributed by atoms with Crippen LogP contribution in [0.3, 0.4) is 0 Å². The van der Waals surface area contributed by atoms with Gasteiger partial charge in [0.2, 0.25) is 5.89 Å². The maximum Gasteiger partial charge on any atom is 0.266 e. The first-order valence-corrected chi connectivity index (χ1v) is 7.58. The van der Waals surface area contributed by atoms with Crippen molar-refractivity contribution in [2.24, 2.45) is 11.3 Å². The quantitative estimate of drug-likeness (QED) is 0.836. The second kappa shape index (κ2) is 5.93. The van der Waals surface area contributed by atoms with Crippen LogP contribution in [0.25, 0.3) is 0 Å². The molecule has 1 aromatic heterocycles. The summed E-state index contributed by atoms with van der Waals surface area (Å²) in [5, 5.41) is 4.13. The summed E-state index contributed by atoms with van der Waals surface area (Å²) < 4.78 is 5.29. The first-order chi connectivity index (χ1) is 9.00. The Labute approximate surface area is 116 Å². The molecule has 1 aliphatic rings. The molecule has 4 nitrogen and oxygen atoms in total. The zero-order valence-electron chi connectivity index (χ0n) is 12.8. The van der Waals surface area contributed by atoms with Crippen LogP contribution in [0.4, 0.5) is 5.95 Å². The van der Waals surface area contributed by atoms with E-state index in [1.54, 1.807) is 0 Å².